The van der Waals surface area contributed by atoms with Gasteiger partial charge >= 0.3 is 6.03 Å². The number of aryl methyl sites for hydroxylation is 1. The van der Waals surface area contributed by atoms with Crippen molar-refractivity contribution in [2.75, 3.05) is 13.1 Å². The Hall–Kier alpha value is -2.37. The third kappa shape index (κ3) is 3.25. The zero-order valence-corrected chi connectivity index (χ0v) is 14.7. The van der Waals surface area contributed by atoms with Crippen LogP contribution < -0.4 is 5.32 Å². The first-order valence-corrected chi connectivity index (χ1v) is 9.17. The van der Waals surface area contributed by atoms with Crippen molar-refractivity contribution in [2.24, 2.45) is 13.0 Å². The summed E-state index contributed by atoms with van der Waals surface area (Å²) in [7, 11) is 1.93. The second-order valence-corrected chi connectivity index (χ2v) is 7.22. The summed E-state index contributed by atoms with van der Waals surface area (Å²) in [5.74, 6) is 1.52. The average molecular weight is 339 g/mol. The van der Waals surface area contributed by atoms with Gasteiger partial charge in [-0.15, -0.1) is 10.2 Å². The number of nitrogens with one attached hydrogen (secondary N) is 1. The summed E-state index contributed by atoms with van der Waals surface area (Å²) in [5, 5.41) is 11.3. The molecule has 1 fully saturated rings. The van der Waals surface area contributed by atoms with E-state index in [0.717, 1.165) is 51.0 Å². The largest absolute Gasteiger partial charge is 0.338 e. The third-order valence-electron chi connectivity index (χ3n) is 5.52. The Morgan fingerprint density at radius 3 is 2.72 bits per heavy atom. The molecule has 0 bridgehead atoms. The standard InChI is InChI=1S/C19H25N5O/c1-23-13-21-22-18(23)17-7-4-10-24(17)19(25)20-9-8-14-11-15-5-2-3-6-16(15)12-14/h2-3,5-6,13-14,17H,4,7-12H2,1H3,(H,20,25)/t17-/m1/s1. The molecule has 0 saturated carbocycles. The molecule has 2 aromatic rings. The van der Waals surface area contributed by atoms with Gasteiger partial charge in [-0.2, -0.15) is 0 Å². The molecule has 0 radical (unpaired) electrons. The molecule has 1 aromatic heterocycles. The van der Waals surface area contributed by atoms with Gasteiger partial charge in [-0.05, 0) is 49.1 Å². The van der Waals surface area contributed by atoms with Crippen LogP contribution in [0.4, 0.5) is 4.79 Å². The van der Waals surface area contributed by atoms with Gasteiger partial charge in [0.1, 0.15) is 6.33 Å². The SMILES string of the molecule is Cn1cnnc1[C@H]1CCCN1C(=O)NCCC1Cc2ccccc2C1. The van der Waals surface area contributed by atoms with Gasteiger partial charge in [-0.3, -0.25) is 0 Å². The number of amides is 2. The molecule has 1 aliphatic heterocycles. The Kier molecular flexibility index (Phi) is 4.42. The van der Waals surface area contributed by atoms with Crippen molar-refractivity contribution in [1.29, 1.82) is 0 Å². The van der Waals surface area contributed by atoms with Crippen molar-refractivity contribution in [1.82, 2.24) is 25.0 Å². The highest BCUT2D eigenvalue weighted by Gasteiger charge is 2.32. The Bertz CT molecular complexity index is 731. The molecule has 1 aromatic carbocycles. The lowest BCUT2D eigenvalue weighted by Gasteiger charge is -2.24. The van der Waals surface area contributed by atoms with Crippen molar-refractivity contribution in [3.63, 3.8) is 0 Å². The maximum atomic E-state index is 12.6. The first kappa shape index (κ1) is 16.1. The smallest absolute Gasteiger partial charge is 0.318 e. The summed E-state index contributed by atoms with van der Waals surface area (Å²) in [4.78, 5) is 14.5. The maximum Gasteiger partial charge on any atom is 0.318 e. The van der Waals surface area contributed by atoms with Gasteiger partial charge < -0.3 is 14.8 Å². The number of fused-ring (bicyclic) bond motifs is 1. The molecular formula is C19H25N5O. The van der Waals surface area contributed by atoms with E-state index in [4.69, 9.17) is 0 Å². The number of carbonyl (C=O) groups excluding carboxylic acids is 1. The van der Waals surface area contributed by atoms with Gasteiger partial charge in [0.15, 0.2) is 5.82 Å². The molecule has 0 unspecified atom stereocenters. The minimum Gasteiger partial charge on any atom is -0.338 e. The lowest BCUT2D eigenvalue weighted by atomic mass is 10.0. The van der Waals surface area contributed by atoms with Crippen LogP contribution in [-0.2, 0) is 19.9 Å². The molecule has 25 heavy (non-hydrogen) atoms. The minimum atomic E-state index is 0.0287. The van der Waals surface area contributed by atoms with Gasteiger partial charge in [-0.25, -0.2) is 4.79 Å². The Morgan fingerprint density at radius 2 is 2.04 bits per heavy atom. The van der Waals surface area contributed by atoms with Gasteiger partial charge in [0, 0.05) is 20.1 Å². The zero-order valence-electron chi connectivity index (χ0n) is 14.7. The van der Waals surface area contributed by atoms with Gasteiger partial charge in [-0.1, -0.05) is 24.3 Å². The van der Waals surface area contributed by atoms with Crippen LogP contribution in [-0.4, -0.2) is 38.8 Å². The van der Waals surface area contributed by atoms with Crippen LogP contribution >= 0.6 is 0 Å². The molecule has 2 heterocycles. The van der Waals surface area contributed by atoms with Crippen LogP contribution in [0.2, 0.25) is 0 Å². The number of nitrogens with zero attached hydrogens (tertiary/aromatic N) is 4. The normalized spacial score (nSPS) is 20.0. The lowest BCUT2D eigenvalue weighted by molar-refractivity contribution is 0.189. The quantitative estimate of drug-likeness (QED) is 0.931. The van der Waals surface area contributed by atoms with Crippen LogP contribution in [0.5, 0.6) is 0 Å². The summed E-state index contributed by atoms with van der Waals surface area (Å²) in [6.45, 7) is 1.53. The molecule has 1 atom stereocenters. The molecule has 1 saturated heterocycles. The fourth-order valence-electron chi connectivity index (χ4n) is 4.21. The van der Waals surface area contributed by atoms with E-state index >= 15 is 0 Å². The van der Waals surface area contributed by atoms with Gasteiger partial charge in [0.2, 0.25) is 0 Å². The van der Waals surface area contributed by atoms with E-state index in [1.165, 1.54) is 11.1 Å². The minimum absolute atomic E-state index is 0.0287. The first-order valence-electron chi connectivity index (χ1n) is 9.17. The predicted octanol–water partition coefficient (Wildman–Crippen LogP) is 2.47. The van der Waals surface area contributed by atoms with E-state index in [1.807, 2.05) is 16.5 Å². The number of aromatic nitrogens is 3. The summed E-state index contributed by atoms with van der Waals surface area (Å²) in [6.07, 6.45) is 6.97. The molecular weight excluding hydrogens is 314 g/mol. The molecule has 2 aliphatic rings. The highest BCUT2D eigenvalue weighted by molar-refractivity contribution is 5.74. The van der Waals surface area contributed by atoms with E-state index in [0.29, 0.717) is 5.92 Å². The average Bonchev–Trinajstić information content (AvgIpc) is 3.32. The summed E-state index contributed by atoms with van der Waals surface area (Å²) in [5.41, 5.74) is 2.95. The van der Waals surface area contributed by atoms with Crippen LogP contribution in [0.15, 0.2) is 30.6 Å². The van der Waals surface area contributed by atoms with E-state index in [9.17, 15) is 4.79 Å². The lowest BCUT2D eigenvalue weighted by Crippen LogP contribution is -2.40. The third-order valence-corrected chi connectivity index (χ3v) is 5.52. The summed E-state index contributed by atoms with van der Waals surface area (Å²) in [6, 6.07) is 8.75. The fraction of sp³-hybridized carbons (Fsp3) is 0.526. The highest BCUT2D eigenvalue weighted by atomic mass is 16.2. The molecule has 4 rings (SSSR count). The number of likely N-dealkylation sites (tertiary alicyclic amines) is 1. The second-order valence-electron chi connectivity index (χ2n) is 7.22. The van der Waals surface area contributed by atoms with E-state index in [2.05, 4.69) is 39.8 Å². The molecule has 1 aliphatic carbocycles. The number of urea groups is 1. The van der Waals surface area contributed by atoms with E-state index in [1.54, 1.807) is 6.33 Å². The van der Waals surface area contributed by atoms with Crippen LogP contribution in [0.25, 0.3) is 0 Å². The zero-order chi connectivity index (χ0) is 17.2. The summed E-state index contributed by atoms with van der Waals surface area (Å²) < 4.78 is 1.91. The topological polar surface area (TPSA) is 63.1 Å². The van der Waals surface area contributed by atoms with Crippen LogP contribution in [0, 0.1) is 5.92 Å². The summed E-state index contributed by atoms with van der Waals surface area (Å²) >= 11 is 0. The van der Waals surface area contributed by atoms with E-state index in [-0.39, 0.29) is 12.1 Å². The van der Waals surface area contributed by atoms with Crippen LogP contribution in [0.3, 0.4) is 0 Å². The molecule has 132 valence electrons. The molecule has 1 N–H and O–H groups in total. The Labute approximate surface area is 148 Å². The van der Waals surface area contributed by atoms with Crippen molar-refractivity contribution < 1.29 is 4.79 Å². The van der Waals surface area contributed by atoms with Crippen molar-refractivity contribution in [2.45, 2.75) is 38.1 Å². The van der Waals surface area contributed by atoms with Crippen molar-refractivity contribution in [3.8, 4) is 0 Å². The second kappa shape index (κ2) is 6.86. The number of hydrogen-bond donors (Lipinski definition) is 1. The number of carbonyl (C=O) groups is 1. The molecule has 6 heteroatoms. The molecule has 0 spiro atoms. The number of hydrogen-bond acceptors (Lipinski definition) is 3. The highest BCUT2D eigenvalue weighted by Crippen LogP contribution is 2.31. The first-order chi connectivity index (χ1) is 12.2. The van der Waals surface area contributed by atoms with Crippen LogP contribution in [0.1, 0.15) is 42.3 Å². The van der Waals surface area contributed by atoms with Crippen molar-refractivity contribution >= 4 is 6.03 Å². The maximum absolute atomic E-state index is 12.6. The van der Waals surface area contributed by atoms with E-state index < -0.39 is 0 Å². The number of benzene rings is 1. The monoisotopic (exact) mass is 339 g/mol. The van der Waals surface area contributed by atoms with Crippen molar-refractivity contribution in [3.05, 3.63) is 47.5 Å². The molecule has 6 nitrogen and oxygen atoms in total. The molecule has 2 amide bonds. The van der Waals surface area contributed by atoms with Gasteiger partial charge in [0.05, 0.1) is 6.04 Å². The Balaban J connectivity index is 1.29. The predicted molar refractivity (Wildman–Crippen MR) is 95.0 cm³/mol. The Morgan fingerprint density at radius 1 is 1.28 bits per heavy atom. The van der Waals surface area contributed by atoms with Gasteiger partial charge in [0.25, 0.3) is 0 Å². The number of rotatable bonds is 4. The fourth-order valence-corrected chi connectivity index (χ4v) is 4.21.